The van der Waals surface area contributed by atoms with Crippen LogP contribution >= 0.6 is 0 Å². The van der Waals surface area contributed by atoms with Crippen LogP contribution in [-0.2, 0) is 23.7 Å². The van der Waals surface area contributed by atoms with Gasteiger partial charge in [-0.3, -0.25) is 0 Å². The molecule has 0 atom stereocenters. The molecule has 2 aromatic rings. The van der Waals surface area contributed by atoms with E-state index in [0.717, 1.165) is 12.8 Å². The van der Waals surface area contributed by atoms with Crippen LogP contribution in [0.4, 0.5) is 0 Å². The fraction of sp³-hybridized carbons (Fsp3) is 0.517. The third-order valence-corrected chi connectivity index (χ3v) is 6.37. The Labute approximate surface area is 179 Å². The summed E-state index contributed by atoms with van der Waals surface area (Å²) in [6.45, 7) is 18.6. The molecule has 0 amide bonds. The summed E-state index contributed by atoms with van der Waals surface area (Å²) in [6.07, 6.45) is 8.52. The summed E-state index contributed by atoms with van der Waals surface area (Å²) < 4.78 is 0. The van der Waals surface area contributed by atoms with Gasteiger partial charge in [0.15, 0.2) is 0 Å². The molecule has 0 aliphatic heterocycles. The van der Waals surface area contributed by atoms with Gasteiger partial charge in [0.2, 0.25) is 0 Å². The van der Waals surface area contributed by atoms with Crippen molar-refractivity contribution in [3.63, 3.8) is 0 Å². The maximum atomic E-state index is 2.51. The molecule has 1 aliphatic rings. The highest BCUT2D eigenvalue weighted by atomic mass is 14.3. The third-order valence-electron chi connectivity index (χ3n) is 6.37. The fourth-order valence-electron chi connectivity index (χ4n) is 4.36. The molecule has 2 aromatic carbocycles. The Morgan fingerprint density at radius 2 is 1.45 bits per heavy atom. The van der Waals surface area contributed by atoms with Gasteiger partial charge in [0.1, 0.15) is 0 Å². The summed E-state index contributed by atoms with van der Waals surface area (Å²) in [6, 6.07) is 12.1. The van der Waals surface area contributed by atoms with Gasteiger partial charge in [0, 0.05) is 0 Å². The van der Waals surface area contributed by atoms with E-state index in [4.69, 9.17) is 0 Å². The van der Waals surface area contributed by atoms with E-state index < -0.39 is 0 Å². The quantitative estimate of drug-likeness (QED) is 0.481. The maximum Gasteiger partial charge on any atom is -0.00576 e. The molecule has 29 heavy (non-hydrogen) atoms. The topological polar surface area (TPSA) is 0 Å². The van der Waals surface area contributed by atoms with E-state index in [1.165, 1.54) is 58.2 Å². The Kier molecular flexibility index (Phi) is 6.13. The van der Waals surface area contributed by atoms with Gasteiger partial charge in [0.05, 0.1) is 0 Å². The second-order valence-corrected chi connectivity index (χ2v) is 10.9. The van der Waals surface area contributed by atoms with Crippen molar-refractivity contribution >= 4 is 6.08 Å². The normalized spacial score (nSPS) is 14.1. The molecule has 0 fully saturated rings. The molecule has 0 heteroatoms. The Balaban J connectivity index is 2.23. The van der Waals surface area contributed by atoms with Gasteiger partial charge in [-0.2, -0.15) is 0 Å². The predicted octanol–water partition coefficient (Wildman–Crippen LogP) is 8.64. The van der Waals surface area contributed by atoms with Crippen LogP contribution in [0.25, 0.3) is 17.2 Å². The number of allylic oxidation sites excluding steroid dienone is 1. The number of benzene rings is 2. The third kappa shape index (κ3) is 4.68. The van der Waals surface area contributed by atoms with Gasteiger partial charge in [-0.15, -0.1) is 0 Å². The Bertz CT molecular complexity index is 878. The van der Waals surface area contributed by atoms with Gasteiger partial charge >= 0.3 is 0 Å². The monoisotopic (exact) mass is 388 g/mol. The first-order valence-electron chi connectivity index (χ1n) is 11.5. The molecule has 0 heterocycles. The zero-order chi connectivity index (χ0) is 21.4. The number of hydrogen-bond acceptors (Lipinski definition) is 0. The van der Waals surface area contributed by atoms with Crippen LogP contribution in [0, 0.1) is 0 Å². The van der Waals surface area contributed by atoms with E-state index >= 15 is 0 Å². The van der Waals surface area contributed by atoms with Crippen molar-refractivity contribution in [3.8, 4) is 11.1 Å². The molecular formula is C29H40. The van der Waals surface area contributed by atoms with Gasteiger partial charge < -0.3 is 0 Å². The molecule has 156 valence electrons. The summed E-state index contributed by atoms with van der Waals surface area (Å²) in [4.78, 5) is 0. The first kappa shape index (κ1) is 21.9. The van der Waals surface area contributed by atoms with Crippen LogP contribution in [0.2, 0.25) is 0 Å². The van der Waals surface area contributed by atoms with Crippen LogP contribution in [0.15, 0.2) is 35.9 Å². The summed E-state index contributed by atoms with van der Waals surface area (Å²) in [7, 11) is 0. The highest BCUT2D eigenvalue weighted by Gasteiger charge is 2.24. The van der Waals surface area contributed by atoms with Crippen LogP contribution in [-0.4, -0.2) is 0 Å². The summed E-state index contributed by atoms with van der Waals surface area (Å²) in [5.41, 5.74) is 12.1. The second-order valence-electron chi connectivity index (χ2n) is 10.9. The van der Waals surface area contributed by atoms with Crippen molar-refractivity contribution in [2.24, 2.45) is 0 Å². The Morgan fingerprint density at radius 3 is 1.97 bits per heavy atom. The van der Waals surface area contributed by atoms with E-state index in [1.54, 1.807) is 5.57 Å². The van der Waals surface area contributed by atoms with Crippen molar-refractivity contribution in [3.05, 3.63) is 63.7 Å². The number of hydrogen-bond donors (Lipinski definition) is 0. The zero-order valence-electron chi connectivity index (χ0n) is 20.0. The van der Waals surface area contributed by atoms with Crippen LogP contribution in [0.1, 0.15) is 102 Å². The Morgan fingerprint density at radius 1 is 0.828 bits per heavy atom. The maximum absolute atomic E-state index is 2.51. The molecule has 0 bridgehead atoms. The summed E-state index contributed by atoms with van der Waals surface area (Å²) in [5, 5.41) is 0. The van der Waals surface area contributed by atoms with Crippen molar-refractivity contribution in [1.29, 1.82) is 0 Å². The molecule has 0 aromatic heterocycles. The van der Waals surface area contributed by atoms with E-state index in [2.05, 4.69) is 91.8 Å². The molecule has 0 saturated carbocycles. The molecule has 0 unspecified atom stereocenters. The molecule has 0 spiro atoms. The van der Waals surface area contributed by atoms with Crippen LogP contribution in [0.3, 0.4) is 0 Å². The molecular weight excluding hydrogens is 348 g/mol. The van der Waals surface area contributed by atoms with Crippen molar-refractivity contribution < 1.29 is 0 Å². The lowest BCUT2D eigenvalue weighted by molar-refractivity contribution is 0.569. The number of unbranched alkanes of at least 4 members (excludes halogenated alkanes) is 1. The number of rotatable bonds is 5. The molecule has 0 N–H and O–H groups in total. The summed E-state index contributed by atoms with van der Waals surface area (Å²) in [5.74, 6) is 0. The van der Waals surface area contributed by atoms with Crippen molar-refractivity contribution in [1.82, 2.24) is 0 Å². The second kappa shape index (κ2) is 8.13. The predicted molar refractivity (Wildman–Crippen MR) is 130 cm³/mol. The average molecular weight is 389 g/mol. The smallest absolute Gasteiger partial charge is 0.00576 e. The largest absolute Gasteiger partial charge is 0.0654 e. The minimum atomic E-state index is 0.141. The number of aryl methyl sites for hydroxylation is 1. The SMILES string of the molecule is CCCCC1=Cc2c(ccc(CC)c2-c2cc(C(C)(C)C)cc(C(C)(C)C)c2)C1. The van der Waals surface area contributed by atoms with Crippen molar-refractivity contribution in [2.45, 2.75) is 98.3 Å². The minimum absolute atomic E-state index is 0.141. The van der Waals surface area contributed by atoms with E-state index in [9.17, 15) is 0 Å². The molecule has 1 aliphatic carbocycles. The van der Waals surface area contributed by atoms with Gasteiger partial charge in [0.25, 0.3) is 0 Å². The van der Waals surface area contributed by atoms with E-state index in [-0.39, 0.29) is 10.8 Å². The van der Waals surface area contributed by atoms with Crippen LogP contribution in [0.5, 0.6) is 0 Å². The van der Waals surface area contributed by atoms with E-state index in [1.807, 2.05) is 0 Å². The van der Waals surface area contributed by atoms with Crippen LogP contribution < -0.4 is 0 Å². The van der Waals surface area contributed by atoms with Gasteiger partial charge in [-0.25, -0.2) is 0 Å². The first-order chi connectivity index (χ1) is 13.5. The summed E-state index contributed by atoms with van der Waals surface area (Å²) >= 11 is 0. The standard InChI is InChI=1S/C29H40/c1-9-11-12-20-15-22-14-13-21(10-2)27(26(22)16-20)23-17-24(28(3,4)5)19-25(18-23)29(6,7)8/h13-14,16-19H,9-12,15H2,1-8H3. The first-order valence-corrected chi connectivity index (χ1v) is 11.5. The molecule has 0 nitrogen and oxygen atoms in total. The highest BCUT2D eigenvalue weighted by molar-refractivity contribution is 5.84. The lowest BCUT2D eigenvalue weighted by atomic mass is 9.78. The van der Waals surface area contributed by atoms with E-state index in [0.29, 0.717) is 0 Å². The minimum Gasteiger partial charge on any atom is -0.0654 e. The molecule has 3 rings (SSSR count). The van der Waals surface area contributed by atoms with Crippen molar-refractivity contribution in [2.75, 3.05) is 0 Å². The molecule has 0 radical (unpaired) electrons. The lowest BCUT2D eigenvalue weighted by Gasteiger charge is -2.27. The highest BCUT2D eigenvalue weighted by Crippen LogP contribution is 2.41. The lowest BCUT2D eigenvalue weighted by Crippen LogP contribution is -2.16. The average Bonchev–Trinajstić information content (AvgIpc) is 3.06. The fourth-order valence-corrected chi connectivity index (χ4v) is 4.36. The molecule has 0 saturated heterocycles. The van der Waals surface area contributed by atoms with Gasteiger partial charge in [-0.05, 0) is 75.5 Å². The number of fused-ring (bicyclic) bond motifs is 1. The Hall–Kier alpha value is -1.82. The van der Waals surface area contributed by atoms with Gasteiger partial charge in [-0.1, -0.05) is 104 Å². The zero-order valence-corrected chi connectivity index (χ0v) is 20.0.